The monoisotopic (exact) mass is 347 g/mol. The largest absolute Gasteiger partial charge is 0.373 e. The number of carbonyl (C=O) groups is 2. The number of aliphatic hydroxyl groups is 1. The number of aryl methyl sites for hydroxylation is 1. The molecule has 4 nitrogen and oxygen atoms in total. The summed E-state index contributed by atoms with van der Waals surface area (Å²) in [4.78, 5) is 27.4. The lowest BCUT2D eigenvalue weighted by atomic mass is 9.93. The third kappa shape index (κ3) is 3.25. The topological polar surface area (TPSA) is 57.6 Å². The van der Waals surface area contributed by atoms with Crippen LogP contribution in [0.15, 0.2) is 41.8 Å². The minimum absolute atomic E-state index is 0.0705. The minimum Gasteiger partial charge on any atom is -0.373 e. The van der Waals surface area contributed by atoms with Gasteiger partial charge in [0, 0.05) is 30.0 Å². The van der Waals surface area contributed by atoms with Crippen molar-refractivity contribution in [2.45, 2.75) is 31.3 Å². The van der Waals surface area contributed by atoms with E-state index in [1.165, 1.54) is 34.0 Å². The second-order valence-corrected chi connectivity index (χ2v) is 6.93. The second kappa shape index (κ2) is 6.83. The van der Waals surface area contributed by atoms with Crippen molar-refractivity contribution in [2.75, 3.05) is 11.4 Å². The van der Waals surface area contributed by atoms with Crippen LogP contribution in [0.3, 0.4) is 0 Å². The fourth-order valence-electron chi connectivity index (χ4n) is 2.92. The van der Waals surface area contributed by atoms with E-state index in [-0.39, 0.29) is 19.4 Å². The molecule has 1 N–H and O–H groups in total. The molecular weight excluding hydrogens is 329 g/mol. The van der Waals surface area contributed by atoms with E-state index in [1.807, 2.05) is 17.5 Å². The number of halogens is 1. The van der Waals surface area contributed by atoms with Gasteiger partial charge < -0.3 is 10.0 Å². The van der Waals surface area contributed by atoms with Crippen molar-refractivity contribution >= 4 is 28.7 Å². The Morgan fingerprint density at radius 2 is 2.04 bits per heavy atom. The fourth-order valence-corrected chi connectivity index (χ4v) is 3.67. The lowest BCUT2D eigenvalue weighted by Crippen LogP contribution is -2.46. The van der Waals surface area contributed by atoms with Crippen LogP contribution in [0.25, 0.3) is 0 Å². The number of rotatable bonds is 6. The van der Waals surface area contributed by atoms with Gasteiger partial charge in [0.15, 0.2) is 5.78 Å². The molecule has 6 heteroatoms. The number of carbonyl (C=O) groups excluding carboxylic acids is 2. The Labute approximate surface area is 143 Å². The van der Waals surface area contributed by atoms with Gasteiger partial charge in [-0.05, 0) is 48.6 Å². The Balaban J connectivity index is 1.63. The van der Waals surface area contributed by atoms with Gasteiger partial charge in [-0.15, -0.1) is 11.3 Å². The summed E-state index contributed by atoms with van der Waals surface area (Å²) in [5, 5.41) is 12.5. The Kier molecular flexibility index (Phi) is 4.78. The summed E-state index contributed by atoms with van der Waals surface area (Å²) in [6.07, 6.45) is 1.60. The highest BCUT2D eigenvalue weighted by Crippen LogP contribution is 2.30. The molecule has 1 aromatic carbocycles. The second-order valence-electron chi connectivity index (χ2n) is 5.90. The first-order valence-electron chi connectivity index (χ1n) is 7.86. The number of nitrogens with zero attached hydrogens (tertiary/aromatic N) is 1. The van der Waals surface area contributed by atoms with Crippen molar-refractivity contribution in [3.8, 4) is 0 Å². The maximum Gasteiger partial charge on any atom is 0.266 e. The third-order valence-corrected chi connectivity index (χ3v) is 5.24. The van der Waals surface area contributed by atoms with E-state index in [9.17, 15) is 19.1 Å². The van der Waals surface area contributed by atoms with Crippen LogP contribution in [0.1, 0.15) is 24.1 Å². The van der Waals surface area contributed by atoms with Crippen LogP contribution in [0.5, 0.6) is 0 Å². The summed E-state index contributed by atoms with van der Waals surface area (Å²) in [7, 11) is 0. The fraction of sp³-hybridized carbons (Fsp3) is 0.333. The Hall–Kier alpha value is -2.05. The van der Waals surface area contributed by atoms with E-state index < -0.39 is 23.1 Å². The number of amides is 1. The van der Waals surface area contributed by atoms with Gasteiger partial charge in [-0.2, -0.15) is 0 Å². The van der Waals surface area contributed by atoms with E-state index >= 15 is 0 Å². The first kappa shape index (κ1) is 16.8. The molecule has 0 aliphatic carbocycles. The van der Waals surface area contributed by atoms with E-state index in [2.05, 4.69) is 0 Å². The lowest BCUT2D eigenvalue weighted by molar-refractivity contribution is -0.147. The molecule has 1 aliphatic rings. The third-order valence-electron chi connectivity index (χ3n) is 4.30. The first-order chi connectivity index (χ1) is 11.5. The predicted molar refractivity (Wildman–Crippen MR) is 90.6 cm³/mol. The molecule has 2 heterocycles. The highest BCUT2D eigenvalue weighted by Gasteiger charge is 2.50. The van der Waals surface area contributed by atoms with Crippen molar-refractivity contribution in [3.63, 3.8) is 0 Å². The number of ketones is 1. The summed E-state index contributed by atoms with van der Waals surface area (Å²) in [5.74, 6) is -1.45. The van der Waals surface area contributed by atoms with Crippen molar-refractivity contribution in [2.24, 2.45) is 0 Å². The molecule has 0 bridgehead atoms. The molecule has 1 amide bonds. The predicted octanol–water partition coefficient (Wildman–Crippen LogP) is 2.95. The van der Waals surface area contributed by atoms with E-state index in [4.69, 9.17) is 0 Å². The van der Waals surface area contributed by atoms with Gasteiger partial charge >= 0.3 is 0 Å². The Bertz CT molecular complexity index is 729. The van der Waals surface area contributed by atoms with Crippen molar-refractivity contribution in [3.05, 3.63) is 52.5 Å². The van der Waals surface area contributed by atoms with E-state index in [0.29, 0.717) is 12.1 Å². The number of Topliss-reactive ketones (excluding diaryl/α,β-unsaturated/α-hetero) is 1. The number of benzene rings is 1. The molecule has 126 valence electrons. The molecule has 0 spiro atoms. The molecule has 1 fully saturated rings. The highest BCUT2D eigenvalue weighted by molar-refractivity contribution is 7.09. The molecule has 1 saturated heterocycles. The van der Waals surface area contributed by atoms with Gasteiger partial charge in [0.1, 0.15) is 5.82 Å². The van der Waals surface area contributed by atoms with Gasteiger partial charge in [0.05, 0.1) is 0 Å². The number of thiophene rings is 1. The quantitative estimate of drug-likeness (QED) is 0.818. The summed E-state index contributed by atoms with van der Waals surface area (Å²) in [5.41, 5.74) is -1.46. The van der Waals surface area contributed by atoms with Crippen LogP contribution in [-0.4, -0.2) is 28.9 Å². The van der Waals surface area contributed by atoms with Crippen molar-refractivity contribution < 1.29 is 19.1 Å². The average Bonchev–Trinajstić information content (AvgIpc) is 3.18. The minimum atomic E-state index is -1.95. The van der Waals surface area contributed by atoms with Crippen LogP contribution in [-0.2, 0) is 16.0 Å². The van der Waals surface area contributed by atoms with Gasteiger partial charge in [0.2, 0.25) is 5.60 Å². The van der Waals surface area contributed by atoms with Crippen LogP contribution in [0.2, 0.25) is 0 Å². The smallest absolute Gasteiger partial charge is 0.266 e. The van der Waals surface area contributed by atoms with Gasteiger partial charge in [0.25, 0.3) is 5.91 Å². The summed E-state index contributed by atoms with van der Waals surface area (Å²) >= 11 is 1.63. The molecule has 2 aromatic rings. The zero-order valence-electron chi connectivity index (χ0n) is 13.1. The summed E-state index contributed by atoms with van der Waals surface area (Å²) in [6.45, 7) is 0.248. The normalized spacial score (nSPS) is 20.6. The molecular formula is C18H18FNO3S. The highest BCUT2D eigenvalue weighted by atomic mass is 32.1. The molecule has 0 radical (unpaired) electrons. The summed E-state index contributed by atoms with van der Waals surface area (Å²) < 4.78 is 13.0. The van der Waals surface area contributed by atoms with Crippen LogP contribution in [0, 0.1) is 5.82 Å². The zero-order chi connectivity index (χ0) is 17.2. The molecule has 0 saturated carbocycles. The van der Waals surface area contributed by atoms with Gasteiger partial charge in [-0.1, -0.05) is 6.07 Å². The van der Waals surface area contributed by atoms with Gasteiger partial charge in [-0.25, -0.2) is 4.39 Å². The number of hydrogen-bond acceptors (Lipinski definition) is 4. The first-order valence-corrected chi connectivity index (χ1v) is 8.74. The summed E-state index contributed by atoms with van der Waals surface area (Å²) in [6, 6.07) is 9.41. The maximum absolute atomic E-state index is 13.0. The lowest BCUT2D eigenvalue weighted by Gasteiger charge is -2.21. The average molecular weight is 347 g/mol. The molecule has 1 aliphatic heterocycles. The van der Waals surface area contributed by atoms with Crippen molar-refractivity contribution in [1.82, 2.24) is 0 Å². The molecule has 3 rings (SSSR count). The number of hydrogen-bond donors (Lipinski definition) is 1. The SMILES string of the molecule is O=C(CCCc1cccs1)[C@]1(O)CCN(c2ccc(F)cc2)C1=O. The molecule has 0 unspecified atom stereocenters. The van der Waals surface area contributed by atoms with E-state index in [0.717, 1.165) is 6.42 Å². The molecule has 1 aromatic heterocycles. The van der Waals surface area contributed by atoms with Crippen LogP contribution >= 0.6 is 11.3 Å². The van der Waals surface area contributed by atoms with Crippen LogP contribution < -0.4 is 4.90 Å². The zero-order valence-corrected chi connectivity index (χ0v) is 13.9. The molecule has 24 heavy (non-hydrogen) atoms. The van der Waals surface area contributed by atoms with E-state index in [1.54, 1.807) is 11.3 Å². The van der Waals surface area contributed by atoms with Gasteiger partial charge in [-0.3, -0.25) is 9.59 Å². The number of anilines is 1. The standard InChI is InChI=1S/C18H18FNO3S/c19-13-6-8-14(9-7-13)20-11-10-18(23,17(20)22)16(21)5-1-3-15-4-2-12-24-15/h2,4,6-9,12,23H,1,3,5,10-11H2/t18-/m1/s1. The Morgan fingerprint density at radius 1 is 1.29 bits per heavy atom. The Morgan fingerprint density at radius 3 is 2.71 bits per heavy atom. The van der Waals surface area contributed by atoms with Crippen LogP contribution in [0.4, 0.5) is 10.1 Å². The maximum atomic E-state index is 13.0. The molecule has 1 atom stereocenters. The van der Waals surface area contributed by atoms with Crippen molar-refractivity contribution in [1.29, 1.82) is 0 Å².